The summed E-state index contributed by atoms with van der Waals surface area (Å²) in [6.07, 6.45) is -6.50. The van der Waals surface area contributed by atoms with Crippen LogP contribution in [0.3, 0.4) is 0 Å². The Morgan fingerprint density at radius 1 is 0.871 bits per heavy atom. The minimum atomic E-state index is -4.88. The van der Waals surface area contributed by atoms with Crippen molar-refractivity contribution in [2.24, 2.45) is 0 Å². The second-order valence-corrected chi connectivity index (χ2v) is 6.09. The second kappa shape index (κ2) is 11.4. The molecule has 1 rings (SSSR count). The molecule has 0 N–H and O–H groups in total. The van der Waals surface area contributed by atoms with Gasteiger partial charge in [-0.1, -0.05) is 24.3 Å². The lowest BCUT2D eigenvalue weighted by molar-refractivity contribution is -0.189. The van der Waals surface area contributed by atoms with E-state index in [0.29, 0.717) is 5.56 Å². The average molecular weight is 453 g/mol. The Balaban J connectivity index is 3.00. The second-order valence-electron chi connectivity index (χ2n) is 6.09. The van der Waals surface area contributed by atoms with Gasteiger partial charge in [-0.2, -0.15) is 26.3 Å². The first-order valence-electron chi connectivity index (χ1n) is 9.07. The number of ether oxygens (including phenoxy) is 2. The smallest absolute Gasteiger partial charge is 0.422 e. The molecule has 0 heterocycles. The fourth-order valence-corrected chi connectivity index (χ4v) is 2.31. The van der Waals surface area contributed by atoms with Crippen LogP contribution in [0.1, 0.15) is 19.4 Å². The Bertz CT molecular complexity index is 761. The van der Waals surface area contributed by atoms with Crippen molar-refractivity contribution in [1.29, 1.82) is 0 Å². The highest BCUT2D eigenvalue weighted by Gasteiger charge is 2.34. The molecule has 0 aliphatic heterocycles. The predicted molar refractivity (Wildman–Crippen MR) is 101 cm³/mol. The van der Waals surface area contributed by atoms with Crippen molar-refractivity contribution in [1.82, 2.24) is 0 Å². The number of hydrogen-bond donors (Lipinski definition) is 0. The average Bonchev–Trinajstić information content (AvgIpc) is 2.68. The number of benzene rings is 1. The number of halogens is 6. The molecule has 0 spiro atoms. The summed E-state index contributed by atoms with van der Waals surface area (Å²) < 4.78 is 81.2. The van der Waals surface area contributed by atoms with Gasteiger partial charge in [-0.3, -0.25) is 0 Å². The SMILES string of the molecule is CCN(CC)c1ccc(C=CC=C(C(=O)OCC(F)(F)F)C(=O)OCC(F)(F)F)cc1. The van der Waals surface area contributed by atoms with Crippen molar-refractivity contribution in [3.05, 3.63) is 47.6 Å². The molecule has 0 amide bonds. The van der Waals surface area contributed by atoms with E-state index in [1.807, 2.05) is 26.0 Å². The number of esters is 2. The number of carbonyl (C=O) groups excluding carboxylic acids is 2. The third-order valence-corrected chi connectivity index (χ3v) is 3.75. The molecule has 5 nitrogen and oxygen atoms in total. The molecule has 11 heteroatoms. The normalized spacial score (nSPS) is 11.9. The summed E-state index contributed by atoms with van der Waals surface area (Å²) in [5.74, 6) is -3.52. The zero-order chi connectivity index (χ0) is 23.7. The van der Waals surface area contributed by atoms with Crippen LogP contribution in [0.4, 0.5) is 32.0 Å². The molecule has 0 radical (unpaired) electrons. The highest BCUT2D eigenvalue weighted by Crippen LogP contribution is 2.19. The summed E-state index contributed by atoms with van der Waals surface area (Å²) in [6, 6.07) is 7.04. The molecule has 0 atom stereocenters. The first-order valence-corrected chi connectivity index (χ1v) is 9.07. The number of allylic oxidation sites excluding steroid dienone is 2. The van der Waals surface area contributed by atoms with Gasteiger partial charge in [0.05, 0.1) is 0 Å². The van der Waals surface area contributed by atoms with Gasteiger partial charge >= 0.3 is 24.3 Å². The van der Waals surface area contributed by atoms with E-state index in [9.17, 15) is 35.9 Å². The van der Waals surface area contributed by atoms with Crippen LogP contribution in [0.2, 0.25) is 0 Å². The minimum Gasteiger partial charge on any atom is -0.452 e. The molecular weight excluding hydrogens is 432 g/mol. The molecule has 1 aromatic rings. The first-order chi connectivity index (χ1) is 14.4. The van der Waals surface area contributed by atoms with Gasteiger partial charge in [0.2, 0.25) is 0 Å². The van der Waals surface area contributed by atoms with E-state index in [2.05, 4.69) is 14.4 Å². The third-order valence-electron chi connectivity index (χ3n) is 3.75. The number of nitrogens with zero attached hydrogens (tertiary/aromatic N) is 1. The molecule has 31 heavy (non-hydrogen) atoms. The quantitative estimate of drug-likeness (QED) is 0.136. The molecule has 0 saturated carbocycles. The third kappa shape index (κ3) is 10.1. The van der Waals surface area contributed by atoms with Crippen molar-refractivity contribution >= 4 is 23.7 Å². The topological polar surface area (TPSA) is 55.8 Å². The number of hydrogen-bond acceptors (Lipinski definition) is 5. The van der Waals surface area contributed by atoms with Gasteiger partial charge in [-0.05, 0) is 37.6 Å². The summed E-state index contributed by atoms with van der Waals surface area (Å²) in [5.41, 5.74) is 0.452. The van der Waals surface area contributed by atoms with E-state index in [4.69, 9.17) is 0 Å². The van der Waals surface area contributed by atoms with Crippen molar-refractivity contribution in [3.63, 3.8) is 0 Å². The molecule has 1 aromatic carbocycles. The summed E-state index contributed by atoms with van der Waals surface area (Å²) in [4.78, 5) is 25.6. The highest BCUT2D eigenvalue weighted by atomic mass is 19.4. The molecular formula is C20H21F6NO4. The van der Waals surface area contributed by atoms with E-state index < -0.39 is 43.1 Å². The Hall–Kier alpha value is -2.98. The number of anilines is 1. The number of alkyl halides is 6. The van der Waals surface area contributed by atoms with Crippen LogP contribution in [0.15, 0.2) is 42.0 Å². The first kappa shape index (κ1) is 26.1. The van der Waals surface area contributed by atoms with Gasteiger partial charge in [0.15, 0.2) is 13.2 Å². The van der Waals surface area contributed by atoms with Gasteiger partial charge in [0, 0.05) is 18.8 Å². The van der Waals surface area contributed by atoms with Crippen LogP contribution in [-0.2, 0) is 19.1 Å². The predicted octanol–water partition coefficient (Wildman–Crippen LogP) is 4.68. The number of carbonyl (C=O) groups is 2. The van der Waals surface area contributed by atoms with Crippen LogP contribution in [-0.4, -0.2) is 50.6 Å². The monoisotopic (exact) mass is 453 g/mol. The summed E-state index contributed by atoms with van der Waals surface area (Å²) >= 11 is 0. The molecule has 172 valence electrons. The summed E-state index contributed by atoms with van der Waals surface area (Å²) in [7, 11) is 0. The zero-order valence-corrected chi connectivity index (χ0v) is 16.7. The van der Waals surface area contributed by atoms with Gasteiger partial charge < -0.3 is 14.4 Å². The fraction of sp³-hybridized carbons (Fsp3) is 0.400. The molecule has 0 aliphatic rings. The van der Waals surface area contributed by atoms with Crippen LogP contribution < -0.4 is 4.90 Å². The summed E-state index contributed by atoms with van der Waals surface area (Å²) in [6.45, 7) is 1.53. The van der Waals surface area contributed by atoms with Gasteiger partial charge in [0.1, 0.15) is 5.57 Å². The van der Waals surface area contributed by atoms with Gasteiger partial charge in [0.25, 0.3) is 0 Å². The van der Waals surface area contributed by atoms with Crippen LogP contribution in [0.25, 0.3) is 6.08 Å². The fourth-order valence-electron chi connectivity index (χ4n) is 2.31. The molecule has 0 unspecified atom stereocenters. The molecule has 0 saturated heterocycles. The van der Waals surface area contributed by atoms with Crippen molar-refractivity contribution in [3.8, 4) is 0 Å². The highest BCUT2D eigenvalue weighted by molar-refractivity contribution is 6.14. The minimum absolute atomic E-state index is 0.610. The van der Waals surface area contributed by atoms with Crippen molar-refractivity contribution in [2.75, 3.05) is 31.2 Å². The Labute approximate surface area is 174 Å². The molecule has 0 aromatic heterocycles. The lowest BCUT2D eigenvalue weighted by Crippen LogP contribution is -2.27. The zero-order valence-electron chi connectivity index (χ0n) is 16.7. The molecule has 0 bridgehead atoms. The largest absolute Gasteiger partial charge is 0.452 e. The maximum absolute atomic E-state index is 12.2. The molecule has 0 aliphatic carbocycles. The van der Waals surface area contributed by atoms with E-state index >= 15 is 0 Å². The Morgan fingerprint density at radius 3 is 1.71 bits per heavy atom. The lowest BCUT2D eigenvalue weighted by atomic mass is 10.1. The van der Waals surface area contributed by atoms with E-state index in [-0.39, 0.29) is 0 Å². The Morgan fingerprint density at radius 2 is 1.32 bits per heavy atom. The van der Waals surface area contributed by atoms with Crippen molar-refractivity contribution in [2.45, 2.75) is 26.2 Å². The Kier molecular flexibility index (Phi) is 9.60. The maximum atomic E-state index is 12.2. The van der Waals surface area contributed by atoms with Crippen LogP contribution >= 0.6 is 0 Å². The van der Waals surface area contributed by atoms with Gasteiger partial charge in [-0.25, -0.2) is 9.59 Å². The summed E-state index contributed by atoms with van der Waals surface area (Å²) in [5, 5.41) is 0. The van der Waals surface area contributed by atoms with E-state index in [1.54, 1.807) is 12.1 Å². The van der Waals surface area contributed by atoms with Crippen LogP contribution in [0, 0.1) is 0 Å². The number of rotatable bonds is 9. The van der Waals surface area contributed by atoms with E-state index in [0.717, 1.165) is 30.9 Å². The maximum Gasteiger partial charge on any atom is 0.422 e. The lowest BCUT2D eigenvalue weighted by Gasteiger charge is -2.20. The standard InChI is InChI=1S/C20H21F6NO4/c1-3-27(4-2)15-10-8-14(9-11-15)6-5-7-16(17(28)30-12-19(21,22)23)18(29)31-13-20(24,25)26/h5-11H,3-4,12-13H2,1-2H3. The van der Waals surface area contributed by atoms with E-state index in [1.165, 1.54) is 6.08 Å². The van der Waals surface area contributed by atoms with Crippen molar-refractivity contribution < 1.29 is 45.4 Å². The van der Waals surface area contributed by atoms with Gasteiger partial charge in [-0.15, -0.1) is 0 Å². The van der Waals surface area contributed by atoms with Crippen LogP contribution in [0.5, 0.6) is 0 Å². The molecule has 0 fully saturated rings.